The number of amides is 1. The Hall–Kier alpha value is -2.19. The van der Waals surface area contributed by atoms with E-state index in [4.69, 9.17) is 4.74 Å². The Kier molecular flexibility index (Phi) is 6.55. The molecule has 0 heterocycles. The van der Waals surface area contributed by atoms with Crippen LogP contribution in [0.4, 0.5) is 11.4 Å². The minimum Gasteiger partial charge on any atom is -0.497 e. The fraction of sp³-hybridized carbons (Fsp3) is 0.278. The van der Waals surface area contributed by atoms with Crippen LogP contribution in [0.5, 0.6) is 5.75 Å². The fourth-order valence-corrected chi connectivity index (χ4v) is 4.12. The summed E-state index contributed by atoms with van der Waals surface area (Å²) in [6.45, 7) is 1.55. The zero-order valence-electron chi connectivity index (χ0n) is 15.1. The number of nitrogens with zero attached hydrogens (tertiary/aromatic N) is 1. The topological polar surface area (TPSA) is 75.7 Å². The summed E-state index contributed by atoms with van der Waals surface area (Å²) in [5.74, 6) is 0.192. The van der Waals surface area contributed by atoms with E-state index in [0.29, 0.717) is 17.1 Å². The van der Waals surface area contributed by atoms with Gasteiger partial charge in [0.1, 0.15) is 11.8 Å². The molecule has 0 aliphatic heterocycles. The van der Waals surface area contributed by atoms with E-state index in [1.54, 1.807) is 49.0 Å². The first-order valence-electron chi connectivity index (χ1n) is 7.84. The molecule has 6 nitrogen and oxygen atoms in total. The lowest BCUT2D eigenvalue weighted by Crippen LogP contribution is -2.45. The number of hydrogen-bond acceptors (Lipinski definition) is 5. The van der Waals surface area contributed by atoms with Crippen molar-refractivity contribution in [2.75, 3.05) is 29.2 Å². The van der Waals surface area contributed by atoms with Gasteiger partial charge in [0.25, 0.3) is 0 Å². The molecule has 2 aromatic carbocycles. The van der Waals surface area contributed by atoms with Crippen LogP contribution in [0.25, 0.3) is 0 Å². The number of benzene rings is 2. The zero-order chi connectivity index (χ0) is 19.3. The van der Waals surface area contributed by atoms with Crippen LogP contribution in [0.2, 0.25) is 0 Å². The second-order valence-corrected chi connectivity index (χ2v) is 8.39. The summed E-state index contributed by atoms with van der Waals surface area (Å²) in [7, 11) is -2.13. The van der Waals surface area contributed by atoms with E-state index >= 15 is 0 Å². The lowest BCUT2D eigenvalue weighted by molar-refractivity contribution is -0.116. The van der Waals surface area contributed by atoms with Gasteiger partial charge in [-0.1, -0.05) is 6.07 Å². The molecule has 8 heteroatoms. The molecule has 0 aliphatic rings. The van der Waals surface area contributed by atoms with Crippen molar-refractivity contribution in [2.45, 2.75) is 17.9 Å². The highest BCUT2D eigenvalue weighted by Gasteiger charge is 2.29. The van der Waals surface area contributed by atoms with Gasteiger partial charge in [-0.2, -0.15) is 0 Å². The SMILES string of the molecule is COc1ccc(N([C@@H](C)C(=O)Nc2cccc(SC)c2)S(C)(=O)=O)cc1. The number of thioether (sulfide) groups is 1. The first-order chi connectivity index (χ1) is 12.3. The summed E-state index contributed by atoms with van der Waals surface area (Å²) in [4.78, 5) is 13.7. The highest BCUT2D eigenvalue weighted by molar-refractivity contribution is 7.98. The quantitative estimate of drug-likeness (QED) is 0.730. The monoisotopic (exact) mass is 394 g/mol. The summed E-state index contributed by atoms with van der Waals surface area (Å²) in [6.07, 6.45) is 3.02. The first kappa shape index (κ1) is 20.1. The van der Waals surface area contributed by atoms with Crippen molar-refractivity contribution in [3.05, 3.63) is 48.5 Å². The van der Waals surface area contributed by atoms with Crippen molar-refractivity contribution in [3.8, 4) is 5.75 Å². The van der Waals surface area contributed by atoms with Gasteiger partial charge in [-0.3, -0.25) is 9.10 Å². The molecule has 2 aromatic rings. The van der Waals surface area contributed by atoms with Gasteiger partial charge in [0, 0.05) is 10.6 Å². The molecular weight excluding hydrogens is 372 g/mol. The van der Waals surface area contributed by atoms with Crippen LogP contribution in [0.1, 0.15) is 6.92 Å². The molecule has 1 atom stereocenters. The fourth-order valence-electron chi connectivity index (χ4n) is 2.49. The molecular formula is C18H22N2O4S2. The lowest BCUT2D eigenvalue weighted by atomic mass is 10.2. The van der Waals surface area contributed by atoms with E-state index in [0.717, 1.165) is 15.5 Å². The zero-order valence-corrected chi connectivity index (χ0v) is 16.7. The number of methoxy groups -OCH3 is 1. The Bertz CT molecular complexity index is 867. The van der Waals surface area contributed by atoms with Crippen molar-refractivity contribution >= 4 is 39.1 Å². The molecule has 1 N–H and O–H groups in total. The van der Waals surface area contributed by atoms with E-state index in [2.05, 4.69) is 5.32 Å². The Labute approximate surface area is 158 Å². The second kappa shape index (κ2) is 8.46. The van der Waals surface area contributed by atoms with Crippen LogP contribution < -0.4 is 14.4 Å². The summed E-state index contributed by atoms with van der Waals surface area (Å²) in [6, 6.07) is 13.0. The van der Waals surface area contributed by atoms with Crippen LogP contribution in [0.15, 0.2) is 53.4 Å². The lowest BCUT2D eigenvalue weighted by Gasteiger charge is -2.28. The maximum absolute atomic E-state index is 12.6. The highest BCUT2D eigenvalue weighted by Crippen LogP contribution is 2.25. The van der Waals surface area contributed by atoms with E-state index in [1.165, 1.54) is 7.11 Å². The normalized spacial score (nSPS) is 12.3. The second-order valence-electron chi connectivity index (χ2n) is 5.65. The number of hydrogen-bond donors (Lipinski definition) is 1. The van der Waals surface area contributed by atoms with E-state index in [-0.39, 0.29) is 0 Å². The third kappa shape index (κ3) is 4.92. The number of sulfonamides is 1. The Morgan fingerprint density at radius 1 is 1.19 bits per heavy atom. The van der Waals surface area contributed by atoms with E-state index < -0.39 is 22.0 Å². The Morgan fingerprint density at radius 3 is 2.38 bits per heavy atom. The van der Waals surface area contributed by atoms with Gasteiger partial charge in [0.05, 0.1) is 19.1 Å². The third-order valence-corrected chi connectivity index (χ3v) is 5.72. The summed E-state index contributed by atoms with van der Waals surface area (Å²) in [5.41, 5.74) is 1.02. The number of carbonyl (C=O) groups excluding carboxylic acids is 1. The van der Waals surface area contributed by atoms with Gasteiger partial charge in [-0.05, 0) is 55.6 Å². The molecule has 0 spiro atoms. The molecule has 0 saturated carbocycles. The summed E-state index contributed by atoms with van der Waals surface area (Å²) in [5, 5.41) is 2.78. The molecule has 0 saturated heterocycles. The minimum absolute atomic E-state index is 0.397. The Balaban J connectivity index is 2.27. The molecule has 0 radical (unpaired) electrons. The predicted molar refractivity (Wildman–Crippen MR) is 107 cm³/mol. The van der Waals surface area contributed by atoms with Gasteiger partial charge >= 0.3 is 0 Å². The van der Waals surface area contributed by atoms with Crippen molar-refractivity contribution in [1.29, 1.82) is 0 Å². The van der Waals surface area contributed by atoms with Gasteiger partial charge < -0.3 is 10.1 Å². The average Bonchev–Trinajstić information content (AvgIpc) is 2.61. The number of nitrogens with one attached hydrogen (secondary N) is 1. The van der Waals surface area contributed by atoms with Crippen molar-refractivity contribution < 1.29 is 17.9 Å². The number of rotatable bonds is 7. The summed E-state index contributed by atoms with van der Waals surface area (Å²) >= 11 is 1.56. The van der Waals surface area contributed by atoms with Gasteiger partial charge in [0.2, 0.25) is 15.9 Å². The standard InChI is InChI=1S/C18H22N2O4S2/c1-13(18(21)19-14-6-5-7-17(12-14)25-3)20(26(4,22)23)15-8-10-16(24-2)11-9-15/h5-13H,1-4H3,(H,19,21)/t13-/m0/s1. The number of anilines is 2. The number of carbonyl (C=O) groups is 1. The van der Waals surface area contributed by atoms with Crippen LogP contribution in [-0.2, 0) is 14.8 Å². The average molecular weight is 395 g/mol. The molecule has 1 amide bonds. The minimum atomic E-state index is -3.66. The third-order valence-electron chi connectivity index (χ3n) is 3.75. The van der Waals surface area contributed by atoms with Crippen LogP contribution in [-0.4, -0.2) is 40.0 Å². The predicted octanol–water partition coefficient (Wildman–Crippen LogP) is 3.21. The maximum Gasteiger partial charge on any atom is 0.247 e. The van der Waals surface area contributed by atoms with Gasteiger partial charge in [0.15, 0.2) is 0 Å². The van der Waals surface area contributed by atoms with Crippen molar-refractivity contribution in [1.82, 2.24) is 0 Å². The molecule has 26 heavy (non-hydrogen) atoms. The van der Waals surface area contributed by atoms with Crippen molar-refractivity contribution in [3.63, 3.8) is 0 Å². The van der Waals surface area contributed by atoms with Crippen molar-refractivity contribution in [2.24, 2.45) is 0 Å². The molecule has 0 aromatic heterocycles. The van der Waals surface area contributed by atoms with E-state index in [9.17, 15) is 13.2 Å². The van der Waals surface area contributed by atoms with Gasteiger partial charge in [-0.25, -0.2) is 8.42 Å². The largest absolute Gasteiger partial charge is 0.497 e. The molecule has 2 rings (SSSR count). The maximum atomic E-state index is 12.6. The Morgan fingerprint density at radius 2 is 1.85 bits per heavy atom. The highest BCUT2D eigenvalue weighted by atomic mass is 32.2. The van der Waals surface area contributed by atoms with Crippen LogP contribution in [0.3, 0.4) is 0 Å². The van der Waals surface area contributed by atoms with Crippen LogP contribution in [0, 0.1) is 0 Å². The molecule has 0 aliphatic carbocycles. The smallest absolute Gasteiger partial charge is 0.247 e. The summed E-state index contributed by atoms with van der Waals surface area (Å²) < 4.78 is 30.8. The van der Waals surface area contributed by atoms with Crippen LogP contribution >= 0.6 is 11.8 Å². The van der Waals surface area contributed by atoms with Gasteiger partial charge in [-0.15, -0.1) is 11.8 Å². The molecule has 0 fully saturated rings. The number of ether oxygens (including phenoxy) is 1. The molecule has 140 valence electrons. The molecule has 0 bridgehead atoms. The first-order valence-corrected chi connectivity index (χ1v) is 10.9. The van der Waals surface area contributed by atoms with E-state index in [1.807, 2.05) is 24.5 Å². The molecule has 0 unspecified atom stereocenters.